The summed E-state index contributed by atoms with van der Waals surface area (Å²) in [6.45, 7) is 0. The molecule has 0 aliphatic carbocycles. The number of thiazole rings is 1. The number of rotatable bonds is 3. The van der Waals surface area contributed by atoms with Crippen LogP contribution in [0.15, 0.2) is 78.9 Å². The lowest BCUT2D eigenvalue weighted by Crippen LogP contribution is -1.87. The number of nitrogens with zero attached hydrogens (tertiary/aromatic N) is 5. The average Bonchev–Trinajstić information content (AvgIpc) is 3.36. The Kier molecular flexibility index (Phi) is 5.51. The van der Waals surface area contributed by atoms with E-state index < -0.39 is 0 Å². The summed E-state index contributed by atoms with van der Waals surface area (Å²) in [6, 6.07) is 32.5. The van der Waals surface area contributed by atoms with Crippen LogP contribution in [0.25, 0.3) is 43.0 Å². The first kappa shape index (κ1) is 21.6. The standard InChI is InChI=1S/C29H13N5S/c30-14-18-1-6-27-28(12-18)35-29(34-27)26-11-21(17-33)10-25(13-26)23-4-2-22(3-5-23)24-8-19(15-31)7-20(9-24)16-32/h1-13H. The molecular weight excluding hydrogens is 450 g/mol. The Morgan fingerprint density at radius 3 is 1.57 bits per heavy atom. The summed E-state index contributed by atoms with van der Waals surface area (Å²) < 4.78 is 0.920. The van der Waals surface area contributed by atoms with Crippen molar-refractivity contribution >= 4 is 21.6 Å². The van der Waals surface area contributed by atoms with Gasteiger partial charge in [-0.05, 0) is 76.9 Å². The topological polar surface area (TPSA) is 108 Å². The molecule has 4 aromatic carbocycles. The van der Waals surface area contributed by atoms with Crippen LogP contribution >= 0.6 is 11.3 Å². The third kappa shape index (κ3) is 4.22. The van der Waals surface area contributed by atoms with Gasteiger partial charge in [-0.15, -0.1) is 11.3 Å². The molecule has 6 heteroatoms. The predicted molar refractivity (Wildman–Crippen MR) is 135 cm³/mol. The number of aromatic nitrogens is 1. The quantitative estimate of drug-likeness (QED) is 0.293. The molecule has 0 bridgehead atoms. The van der Waals surface area contributed by atoms with Crippen LogP contribution in [0, 0.1) is 45.3 Å². The zero-order valence-electron chi connectivity index (χ0n) is 18.1. The smallest absolute Gasteiger partial charge is 0.124 e. The predicted octanol–water partition coefficient (Wildman–Crippen LogP) is 6.78. The van der Waals surface area contributed by atoms with Crippen LogP contribution in [0.5, 0.6) is 0 Å². The summed E-state index contributed by atoms with van der Waals surface area (Å²) in [5, 5.41) is 38.1. The van der Waals surface area contributed by atoms with Crippen molar-refractivity contribution in [2.24, 2.45) is 0 Å². The van der Waals surface area contributed by atoms with Crippen molar-refractivity contribution in [3.63, 3.8) is 0 Å². The van der Waals surface area contributed by atoms with Gasteiger partial charge in [-0.3, -0.25) is 0 Å². The first-order chi connectivity index (χ1) is 17.1. The second-order valence-electron chi connectivity index (χ2n) is 7.82. The summed E-state index contributed by atoms with van der Waals surface area (Å²) in [7, 11) is 0. The lowest BCUT2D eigenvalue weighted by Gasteiger charge is -2.08. The Bertz CT molecular complexity index is 1750. The minimum absolute atomic E-state index is 0.437. The highest BCUT2D eigenvalue weighted by molar-refractivity contribution is 7.21. The maximum atomic E-state index is 9.62. The normalized spacial score (nSPS) is 10.2. The first-order valence-electron chi connectivity index (χ1n) is 10.5. The molecule has 0 saturated heterocycles. The lowest BCUT2D eigenvalue weighted by molar-refractivity contribution is 1.44. The van der Waals surface area contributed by atoms with Crippen LogP contribution in [0.3, 0.4) is 0 Å². The summed E-state index contributed by atoms with van der Waals surface area (Å²) >= 11 is 1.49. The van der Waals surface area contributed by atoms with Crippen LogP contribution in [0.2, 0.25) is 0 Å². The number of fused-ring (bicyclic) bond motifs is 1. The number of hydrogen-bond donors (Lipinski definition) is 0. The van der Waals surface area contributed by atoms with E-state index in [1.54, 1.807) is 24.3 Å². The molecule has 160 valence electrons. The molecule has 0 amide bonds. The SMILES string of the molecule is N#Cc1cc(C#N)cc(-c2ccc(-c3cc(C#N)cc(-c4nc5ccc(C#N)cc5s4)c3)cc2)c1. The van der Waals surface area contributed by atoms with Crippen molar-refractivity contribution in [2.75, 3.05) is 0 Å². The van der Waals surface area contributed by atoms with E-state index in [0.717, 1.165) is 43.0 Å². The molecular formula is C29H13N5S. The van der Waals surface area contributed by atoms with E-state index in [0.29, 0.717) is 22.3 Å². The highest BCUT2D eigenvalue weighted by Gasteiger charge is 2.11. The van der Waals surface area contributed by atoms with Crippen LogP contribution in [0.4, 0.5) is 0 Å². The van der Waals surface area contributed by atoms with Gasteiger partial charge in [0.25, 0.3) is 0 Å². The summed E-state index contributed by atoms with van der Waals surface area (Å²) in [5.41, 5.74) is 7.13. The Morgan fingerprint density at radius 1 is 0.486 bits per heavy atom. The largest absolute Gasteiger partial charge is 0.236 e. The van der Waals surface area contributed by atoms with E-state index in [1.807, 2.05) is 54.6 Å². The molecule has 0 atom stereocenters. The van der Waals surface area contributed by atoms with Crippen molar-refractivity contribution < 1.29 is 0 Å². The maximum Gasteiger partial charge on any atom is 0.124 e. The van der Waals surface area contributed by atoms with E-state index in [9.17, 15) is 15.8 Å². The zero-order chi connectivity index (χ0) is 24.4. The van der Waals surface area contributed by atoms with Gasteiger partial charge in [0.1, 0.15) is 5.01 Å². The second kappa shape index (κ2) is 8.93. The number of benzene rings is 4. The van der Waals surface area contributed by atoms with Gasteiger partial charge in [-0.1, -0.05) is 24.3 Å². The van der Waals surface area contributed by atoms with Crippen molar-refractivity contribution in [3.8, 4) is 57.1 Å². The second-order valence-corrected chi connectivity index (χ2v) is 8.85. The monoisotopic (exact) mass is 463 g/mol. The molecule has 0 saturated carbocycles. The fraction of sp³-hybridized carbons (Fsp3) is 0. The average molecular weight is 464 g/mol. The van der Waals surface area contributed by atoms with Gasteiger partial charge < -0.3 is 0 Å². The summed E-state index contributed by atoms with van der Waals surface area (Å²) in [6.07, 6.45) is 0. The van der Waals surface area contributed by atoms with Gasteiger partial charge in [0.2, 0.25) is 0 Å². The Morgan fingerprint density at radius 2 is 1.00 bits per heavy atom. The van der Waals surface area contributed by atoms with E-state index in [1.165, 1.54) is 11.3 Å². The molecule has 35 heavy (non-hydrogen) atoms. The van der Waals surface area contributed by atoms with E-state index in [2.05, 4.69) is 24.3 Å². The van der Waals surface area contributed by atoms with Crippen molar-refractivity contribution in [1.82, 2.24) is 4.98 Å². The molecule has 0 radical (unpaired) electrons. The van der Waals surface area contributed by atoms with Gasteiger partial charge in [0.15, 0.2) is 0 Å². The maximum absolute atomic E-state index is 9.62. The molecule has 0 aliphatic rings. The molecule has 0 N–H and O–H groups in total. The van der Waals surface area contributed by atoms with Gasteiger partial charge >= 0.3 is 0 Å². The highest BCUT2D eigenvalue weighted by Crippen LogP contribution is 2.34. The molecule has 5 rings (SSSR count). The van der Waals surface area contributed by atoms with E-state index >= 15 is 0 Å². The molecule has 0 unspecified atom stereocenters. The molecule has 5 aromatic rings. The van der Waals surface area contributed by atoms with Gasteiger partial charge in [-0.2, -0.15) is 21.0 Å². The Hall–Kier alpha value is -5.27. The first-order valence-corrected chi connectivity index (χ1v) is 11.3. The van der Waals surface area contributed by atoms with Crippen molar-refractivity contribution in [2.45, 2.75) is 0 Å². The number of hydrogen-bond acceptors (Lipinski definition) is 6. The minimum atomic E-state index is 0.437. The highest BCUT2D eigenvalue weighted by atomic mass is 32.1. The molecule has 1 aromatic heterocycles. The molecule has 1 heterocycles. The Balaban J connectivity index is 1.55. The summed E-state index contributed by atoms with van der Waals surface area (Å²) in [4.78, 5) is 4.70. The fourth-order valence-electron chi connectivity index (χ4n) is 3.88. The van der Waals surface area contributed by atoms with E-state index in [-0.39, 0.29) is 0 Å². The zero-order valence-corrected chi connectivity index (χ0v) is 19.0. The third-order valence-corrected chi connectivity index (χ3v) is 6.64. The van der Waals surface area contributed by atoms with Crippen LogP contribution in [-0.2, 0) is 0 Å². The molecule has 5 nitrogen and oxygen atoms in total. The van der Waals surface area contributed by atoms with Gasteiger partial charge in [0.05, 0.1) is 56.7 Å². The van der Waals surface area contributed by atoms with Crippen LogP contribution < -0.4 is 0 Å². The lowest BCUT2D eigenvalue weighted by atomic mass is 9.96. The van der Waals surface area contributed by atoms with Crippen molar-refractivity contribution in [1.29, 1.82) is 21.0 Å². The van der Waals surface area contributed by atoms with Crippen LogP contribution in [-0.4, -0.2) is 4.98 Å². The third-order valence-electron chi connectivity index (χ3n) is 5.57. The minimum Gasteiger partial charge on any atom is -0.236 e. The summed E-state index contributed by atoms with van der Waals surface area (Å²) in [5.74, 6) is 0. The molecule has 0 aliphatic heterocycles. The molecule has 0 spiro atoms. The molecule has 0 fully saturated rings. The van der Waals surface area contributed by atoms with Crippen molar-refractivity contribution in [3.05, 3.63) is 101 Å². The number of nitriles is 4. The fourth-order valence-corrected chi connectivity index (χ4v) is 4.87. The van der Waals surface area contributed by atoms with Gasteiger partial charge in [0, 0.05) is 5.56 Å². The Labute approximate surface area is 205 Å². The van der Waals surface area contributed by atoms with E-state index in [4.69, 9.17) is 10.2 Å². The van der Waals surface area contributed by atoms with Crippen LogP contribution in [0.1, 0.15) is 22.3 Å². The van der Waals surface area contributed by atoms with Gasteiger partial charge in [-0.25, -0.2) is 4.98 Å².